The van der Waals surface area contributed by atoms with E-state index in [1.54, 1.807) is 31.2 Å². The molecule has 256 valence electrons. The first kappa shape index (κ1) is 33.3. The zero-order valence-corrected chi connectivity index (χ0v) is 28.7. The Bertz CT molecular complexity index is 1760. The monoisotopic (exact) mass is 695 g/mol. The maximum atomic E-state index is 12.9. The van der Waals surface area contributed by atoms with Gasteiger partial charge in [-0.15, -0.1) is 0 Å². The van der Waals surface area contributed by atoms with Gasteiger partial charge in [0.25, 0.3) is 0 Å². The van der Waals surface area contributed by atoms with Gasteiger partial charge in [-0.3, -0.25) is 0 Å². The summed E-state index contributed by atoms with van der Waals surface area (Å²) in [6.45, 7) is 4.25. The molecule has 1 saturated heterocycles. The van der Waals surface area contributed by atoms with Gasteiger partial charge in [-0.25, -0.2) is 23.2 Å². The first-order valence-corrected chi connectivity index (χ1v) is 18.8. The molecular formula is C36H42ClN3O7S. The molecule has 7 rings (SSSR count). The van der Waals surface area contributed by atoms with Gasteiger partial charge in [-0.05, 0) is 105 Å². The van der Waals surface area contributed by atoms with Crippen molar-refractivity contribution < 1.29 is 32.5 Å². The highest BCUT2D eigenvalue weighted by Crippen LogP contribution is 2.47. The second-order valence-electron chi connectivity index (χ2n) is 13.9. The van der Waals surface area contributed by atoms with Gasteiger partial charge in [0.1, 0.15) is 5.75 Å². The van der Waals surface area contributed by atoms with Crippen LogP contribution in [-0.2, 0) is 31.1 Å². The molecule has 1 N–H and O–H groups in total. The standard InChI is InChI=1S/C36H42ClN3O7S/c1-23(48(43,44)35-38-13-3-14-39-35)20-46-28-11-15-45-33(18-28)29-8-5-26(29)19-40-21-36(12-2-4-24-16-27(37)7-9-30(24)36)22-47-32-10-6-25(34(41)42)17-31(32)40/h3,6-7,9-10,13-14,16-17,23,26,28-29,33H,2,4-5,8,11-12,15,18-22H2,1H3,(H,41,42)/t23-,26-,28+,29+,33-,36?/m0/s1. The molecule has 1 spiro atoms. The predicted molar refractivity (Wildman–Crippen MR) is 181 cm³/mol. The number of carboxylic acids is 1. The van der Waals surface area contributed by atoms with E-state index in [0.29, 0.717) is 43.6 Å². The van der Waals surface area contributed by atoms with Crippen LogP contribution in [0, 0.1) is 11.8 Å². The molecule has 0 bridgehead atoms. The molecule has 1 saturated carbocycles. The number of rotatable bonds is 9. The van der Waals surface area contributed by atoms with Gasteiger partial charge in [-0.2, -0.15) is 0 Å². The van der Waals surface area contributed by atoms with Crippen molar-refractivity contribution in [3.05, 3.63) is 76.6 Å². The normalized spacial score (nSPS) is 27.6. The van der Waals surface area contributed by atoms with Crippen LogP contribution in [0.2, 0.25) is 5.02 Å². The Hall–Kier alpha value is -3.25. The molecule has 1 aromatic heterocycles. The van der Waals surface area contributed by atoms with Crippen molar-refractivity contribution >= 4 is 33.1 Å². The minimum atomic E-state index is -3.69. The summed E-state index contributed by atoms with van der Waals surface area (Å²) in [7, 11) is -3.69. The number of aromatic nitrogens is 2. The average Bonchev–Trinajstić information content (AvgIpc) is 3.22. The number of hydrogen-bond donors (Lipinski definition) is 1. The van der Waals surface area contributed by atoms with Crippen molar-refractivity contribution in [2.24, 2.45) is 11.8 Å². The highest BCUT2D eigenvalue weighted by Gasteiger charge is 2.45. The summed E-state index contributed by atoms with van der Waals surface area (Å²) < 4.78 is 45.0. The number of sulfone groups is 1. The lowest BCUT2D eigenvalue weighted by Gasteiger charge is -2.47. The highest BCUT2D eigenvalue weighted by atomic mass is 35.5. The molecule has 4 aliphatic rings. The molecule has 0 amide bonds. The summed E-state index contributed by atoms with van der Waals surface area (Å²) in [6.07, 6.45) is 9.25. The van der Waals surface area contributed by atoms with Gasteiger partial charge in [0, 0.05) is 48.9 Å². The third-order valence-corrected chi connectivity index (χ3v) is 13.0. The lowest BCUT2D eigenvalue weighted by Crippen LogP contribution is -2.51. The minimum absolute atomic E-state index is 0.00595. The second kappa shape index (κ2) is 13.6. The molecule has 3 aromatic rings. The first-order chi connectivity index (χ1) is 23.1. The van der Waals surface area contributed by atoms with Crippen molar-refractivity contribution in [3.8, 4) is 5.75 Å². The van der Waals surface area contributed by atoms with Crippen LogP contribution in [0.25, 0.3) is 0 Å². The minimum Gasteiger partial charge on any atom is -0.490 e. The number of carbonyl (C=O) groups is 1. The Labute approximate surface area is 286 Å². The number of nitrogens with zero attached hydrogens (tertiary/aromatic N) is 3. The maximum absolute atomic E-state index is 12.9. The molecule has 1 unspecified atom stereocenters. The Morgan fingerprint density at radius 2 is 2.00 bits per heavy atom. The Kier molecular flexibility index (Phi) is 9.40. The summed E-state index contributed by atoms with van der Waals surface area (Å²) in [6, 6.07) is 13.0. The van der Waals surface area contributed by atoms with Crippen LogP contribution in [0.15, 0.2) is 60.0 Å². The van der Waals surface area contributed by atoms with Crippen LogP contribution < -0.4 is 9.64 Å². The summed E-state index contributed by atoms with van der Waals surface area (Å²) in [5, 5.41) is 9.64. The number of carboxylic acid groups (broad SMARTS) is 1. The van der Waals surface area contributed by atoms with E-state index >= 15 is 0 Å². The van der Waals surface area contributed by atoms with Crippen LogP contribution >= 0.6 is 11.6 Å². The van der Waals surface area contributed by atoms with Gasteiger partial charge in [-0.1, -0.05) is 17.7 Å². The molecule has 2 aliphatic carbocycles. The quantitative estimate of drug-likeness (QED) is 0.276. The molecule has 48 heavy (non-hydrogen) atoms. The molecular weight excluding hydrogens is 654 g/mol. The fourth-order valence-electron chi connectivity index (χ4n) is 8.06. The van der Waals surface area contributed by atoms with Gasteiger partial charge in [0.15, 0.2) is 0 Å². The van der Waals surface area contributed by atoms with Crippen molar-refractivity contribution in [2.75, 3.05) is 37.8 Å². The number of aryl methyl sites for hydroxylation is 1. The topological polar surface area (TPSA) is 128 Å². The smallest absolute Gasteiger partial charge is 0.335 e. The molecule has 0 radical (unpaired) electrons. The largest absolute Gasteiger partial charge is 0.490 e. The number of ether oxygens (including phenoxy) is 3. The number of halogens is 1. The molecule has 6 atom stereocenters. The number of hydrogen-bond acceptors (Lipinski definition) is 9. The fraction of sp³-hybridized carbons (Fsp3) is 0.528. The van der Waals surface area contributed by atoms with E-state index < -0.39 is 21.1 Å². The summed E-state index contributed by atoms with van der Waals surface area (Å²) in [5.41, 5.74) is 3.34. The third kappa shape index (κ3) is 6.54. The van der Waals surface area contributed by atoms with Gasteiger partial charge < -0.3 is 24.2 Å². The van der Waals surface area contributed by atoms with E-state index in [0.717, 1.165) is 55.9 Å². The van der Waals surface area contributed by atoms with Crippen LogP contribution in [0.1, 0.15) is 66.9 Å². The van der Waals surface area contributed by atoms with E-state index in [1.807, 2.05) is 6.07 Å². The molecule has 10 nitrogen and oxygen atoms in total. The maximum Gasteiger partial charge on any atom is 0.335 e. The molecule has 2 fully saturated rings. The molecule has 12 heteroatoms. The number of benzene rings is 2. The zero-order valence-electron chi connectivity index (χ0n) is 27.1. The van der Waals surface area contributed by atoms with E-state index in [4.69, 9.17) is 25.8 Å². The number of aromatic carboxylic acids is 1. The third-order valence-electron chi connectivity index (χ3n) is 10.9. The highest BCUT2D eigenvalue weighted by molar-refractivity contribution is 7.91. The van der Waals surface area contributed by atoms with E-state index in [2.05, 4.69) is 27.0 Å². The van der Waals surface area contributed by atoms with Crippen LogP contribution in [0.5, 0.6) is 5.75 Å². The van der Waals surface area contributed by atoms with Crippen LogP contribution in [0.4, 0.5) is 5.69 Å². The van der Waals surface area contributed by atoms with Crippen molar-refractivity contribution in [3.63, 3.8) is 0 Å². The lowest BCUT2D eigenvalue weighted by atomic mass is 9.67. The van der Waals surface area contributed by atoms with Gasteiger partial charge in [0.05, 0.1) is 41.9 Å². The number of fused-ring (bicyclic) bond motifs is 3. The molecule has 3 heterocycles. The Morgan fingerprint density at radius 1 is 1.17 bits per heavy atom. The van der Waals surface area contributed by atoms with Crippen molar-refractivity contribution in [1.82, 2.24) is 9.97 Å². The summed E-state index contributed by atoms with van der Waals surface area (Å²) in [5.74, 6) is 0.407. The predicted octanol–water partition coefficient (Wildman–Crippen LogP) is 5.75. The fourth-order valence-corrected chi connectivity index (χ4v) is 9.29. The second-order valence-corrected chi connectivity index (χ2v) is 16.6. The Morgan fingerprint density at radius 3 is 2.77 bits per heavy atom. The zero-order chi connectivity index (χ0) is 33.5. The lowest BCUT2D eigenvalue weighted by molar-refractivity contribution is -0.116. The van der Waals surface area contributed by atoms with Gasteiger partial charge >= 0.3 is 5.97 Å². The van der Waals surface area contributed by atoms with Crippen molar-refractivity contribution in [2.45, 2.75) is 79.9 Å². The summed E-state index contributed by atoms with van der Waals surface area (Å²) in [4.78, 5) is 22.3. The summed E-state index contributed by atoms with van der Waals surface area (Å²) >= 11 is 6.41. The van der Waals surface area contributed by atoms with Gasteiger partial charge in [0.2, 0.25) is 15.0 Å². The average molecular weight is 696 g/mol. The van der Waals surface area contributed by atoms with Crippen molar-refractivity contribution in [1.29, 1.82) is 0 Å². The van der Waals surface area contributed by atoms with Crippen LogP contribution in [0.3, 0.4) is 0 Å². The number of anilines is 1. The molecule has 2 aliphatic heterocycles. The Balaban J connectivity index is 1.07. The van der Waals surface area contributed by atoms with Crippen LogP contribution in [-0.4, -0.2) is 79.8 Å². The molecule has 2 aromatic carbocycles. The van der Waals surface area contributed by atoms with E-state index in [1.165, 1.54) is 23.5 Å². The SMILES string of the molecule is C[C@@H](CO[C@@H]1CCO[C@H]([C@@H]2CC[C@H]2CN2CC3(CCCc4cc(Cl)ccc43)COc3ccc(C(=O)O)cc32)C1)S(=O)(=O)c1ncccn1. The first-order valence-electron chi connectivity index (χ1n) is 16.9. The van der Waals surface area contributed by atoms with E-state index in [-0.39, 0.29) is 34.9 Å². The van der Waals surface area contributed by atoms with E-state index in [9.17, 15) is 18.3 Å².